The number of hydrogen-bond acceptors (Lipinski definition) is 6. The number of likely N-dealkylation sites (tertiary alicyclic amines) is 1. The van der Waals surface area contributed by atoms with Crippen LogP contribution in [0.1, 0.15) is 56.3 Å². The molecule has 1 heterocycles. The maximum Gasteiger partial charge on any atom is 0.295 e. The van der Waals surface area contributed by atoms with Crippen molar-refractivity contribution in [3.05, 3.63) is 64.7 Å². The van der Waals surface area contributed by atoms with Gasteiger partial charge in [-0.15, -0.1) is 0 Å². The van der Waals surface area contributed by atoms with Crippen LogP contribution in [0.2, 0.25) is 0 Å². The minimum Gasteiger partial charge on any atom is -0.507 e. The maximum absolute atomic E-state index is 13.2. The number of ketones is 1. The van der Waals surface area contributed by atoms with Crippen LogP contribution in [-0.4, -0.2) is 55.2 Å². The SMILES string of the molecule is CCOc1ccc(/C(O)=C2/C(=O)C(=O)N(CCOC)C2c2ccc(C(C)C)cc2)c(OCC)c1. The monoisotopic (exact) mass is 467 g/mol. The fourth-order valence-electron chi connectivity index (χ4n) is 4.08. The predicted molar refractivity (Wildman–Crippen MR) is 130 cm³/mol. The summed E-state index contributed by atoms with van der Waals surface area (Å²) in [6.45, 7) is 9.22. The molecule has 1 N–H and O–H groups in total. The van der Waals surface area contributed by atoms with E-state index in [0.29, 0.717) is 36.2 Å². The normalized spacial score (nSPS) is 17.5. The van der Waals surface area contributed by atoms with E-state index in [2.05, 4.69) is 13.8 Å². The van der Waals surface area contributed by atoms with Gasteiger partial charge in [-0.3, -0.25) is 9.59 Å². The van der Waals surface area contributed by atoms with Crippen molar-refractivity contribution in [1.29, 1.82) is 0 Å². The van der Waals surface area contributed by atoms with Gasteiger partial charge in [0.15, 0.2) is 0 Å². The molecule has 0 aliphatic carbocycles. The van der Waals surface area contributed by atoms with Crippen molar-refractivity contribution in [3.8, 4) is 11.5 Å². The fraction of sp³-hybridized carbons (Fsp3) is 0.407. The minimum absolute atomic E-state index is 0.0310. The van der Waals surface area contributed by atoms with Crippen LogP contribution >= 0.6 is 0 Å². The molecule has 1 unspecified atom stereocenters. The molecule has 1 fully saturated rings. The Balaban J connectivity index is 2.17. The molecule has 1 amide bonds. The number of carbonyl (C=O) groups excluding carboxylic acids is 2. The molecular formula is C27H33NO6. The molecule has 7 nitrogen and oxygen atoms in total. The quantitative estimate of drug-likeness (QED) is 0.310. The Labute approximate surface area is 200 Å². The molecule has 3 rings (SSSR count). The first-order valence-electron chi connectivity index (χ1n) is 11.6. The number of aliphatic hydroxyl groups excluding tert-OH is 1. The second-order valence-electron chi connectivity index (χ2n) is 8.33. The van der Waals surface area contributed by atoms with Crippen LogP contribution in [0.15, 0.2) is 48.0 Å². The van der Waals surface area contributed by atoms with E-state index < -0.39 is 17.7 Å². The van der Waals surface area contributed by atoms with Gasteiger partial charge in [-0.2, -0.15) is 0 Å². The van der Waals surface area contributed by atoms with Crippen molar-refractivity contribution in [2.24, 2.45) is 0 Å². The van der Waals surface area contributed by atoms with E-state index in [4.69, 9.17) is 14.2 Å². The molecule has 1 aliphatic rings. The number of nitrogens with zero attached hydrogens (tertiary/aromatic N) is 1. The van der Waals surface area contributed by atoms with Gasteiger partial charge in [0.2, 0.25) is 0 Å². The fourth-order valence-corrected chi connectivity index (χ4v) is 4.08. The number of aliphatic hydroxyl groups is 1. The summed E-state index contributed by atoms with van der Waals surface area (Å²) in [4.78, 5) is 27.6. The average molecular weight is 468 g/mol. The van der Waals surface area contributed by atoms with Crippen molar-refractivity contribution in [2.75, 3.05) is 33.5 Å². The molecule has 0 bridgehead atoms. The second kappa shape index (κ2) is 11.2. The second-order valence-corrected chi connectivity index (χ2v) is 8.33. The molecule has 0 saturated carbocycles. The summed E-state index contributed by atoms with van der Waals surface area (Å²) in [5.74, 6) is -0.371. The topological polar surface area (TPSA) is 85.3 Å². The summed E-state index contributed by atoms with van der Waals surface area (Å²) in [5, 5.41) is 11.4. The third-order valence-corrected chi connectivity index (χ3v) is 5.81. The zero-order chi connectivity index (χ0) is 24.8. The van der Waals surface area contributed by atoms with E-state index >= 15 is 0 Å². The number of carbonyl (C=O) groups is 2. The lowest BCUT2D eigenvalue weighted by atomic mass is 9.93. The van der Waals surface area contributed by atoms with Crippen LogP contribution in [0.25, 0.3) is 5.76 Å². The third-order valence-electron chi connectivity index (χ3n) is 5.81. The van der Waals surface area contributed by atoms with Gasteiger partial charge >= 0.3 is 0 Å². The lowest BCUT2D eigenvalue weighted by Gasteiger charge is -2.25. The molecule has 2 aromatic carbocycles. The highest BCUT2D eigenvalue weighted by Gasteiger charge is 2.46. The third kappa shape index (κ3) is 5.09. The average Bonchev–Trinajstić information content (AvgIpc) is 3.08. The van der Waals surface area contributed by atoms with E-state index in [1.807, 2.05) is 38.1 Å². The smallest absolute Gasteiger partial charge is 0.295 e. The van der Waals surface area contributed by atoms with Crippen LogP contribution in [0, 0.1) is 0 Å². The Morgan fingerprint density at radius 2 is 1.71 bits per heavy atom. The molecule has 7 heteroatoms. The number of ether oxygens (including phenoxy) is 3. The van der Waals surface area contributed by atoms with Crippen molar-refractivity contribution >= 4 is 17.4 Å². The lowest BCUT2D eigenvalue weighted by molar-refractivity contribution is -0.140. The predicted octanol–water partition coefficient (Wildman–Crippen LogP) is 4.68. The van der Waals surface area contributed by atoms with Gasteiger partial charge in [0, 0.05) is 19.7 Å². The highest BCUT2D eigenvalue weighted by molar-refractivity contribution is 6.46. The van der Waals surface area contributed by atoms with Crippen molar-refractivity contribution in [3.63, 3.8) is 0 Å². The van der Waals surface area contributed by atoms with Crippen LogP contribution in [0.3, 0.4) is 0 Å². The Morgan fingerprint density at radius 1 is 1.03 bits per heavy atom. The van der Waals surface area contributed by atoms with Gasteiger partial charge < -0.3 is 24.2 Å². The van der Waals surface area contributed by atoms with Crippen LogP contribution in [-0.2, 0) is 14.3 Å². The molecular weight excluding hydrogens is 434 g/mol. The molecule has 0 aromatic heterocycles. The van der Waals surface area contributed by atoms with E-state index in [1.165, 1.54) is 12.0 Å². The van der Waals surface area contributed by atoms with Gasteiger partial charge in [-0.1, -0.05) is 38.1 Å². The lowest BCUT2D eigenvalue weighted by Crippen LogP contribution is -2.32. The Morgan fingerprint density at radius 3 is 2.29 bits per heavy atom. The Kier molecular flexibility index (Phi) is 8.34. The van der Waals surface area contributed by atoms with Crippen LogP contribution < -0.4 is 9.47 Å². The number of Topliss-reactive ketones (excluding diaryl/α,β-unsaturated/α-hetero) is 1. The molecule has 34 heavy (non-hydrogen) atoms. The summed E-state index contributed by atoms with van der Waals surface area (Å²) < 4.78 is 16.5. The standard InChI is InChI=1S/C27H33NO6/c1-6-33-20-12-13-21(22(16-20)34-7-2)25(29)23-24(19-10-8-18(9-11-19)17(3)4)28(14-15-32-5)27(31)26(23)30/h8-13,16-17,24,29H,6-7,14-15H2,1-5H3/b25-23-. The summed E-state index contributed by atoms with van der Waals surface area (Å²) >= 11 is 0. The molecule has 0 radical (unpaired) electrons. The summed E-state index contributed by atoms with van der Waals surface area (Å²) in [7, 11) is 1.54. The number of rotatable bonds is 10. The molecule has 1 aliphatic heterocycles. The highest BCUT2D eigenvalue weighted by atomic mass is 16.5. The number of benzene rings is 2. The van der Waals surface area contributed by atoms with Crippen LogP contribution in [0.5, 0.6) is 11.5 Å². The minimum atomic E-state index is -0.739. The Bertz CT molecular complexity index is 1060. The first kappa shape index (κ1) is 25.3. The number of hydrogen-bond donors (Lipinski definition) is 1. The van der Waals surface area contributed by atoms with Crippen molar-refractivity contribution in [2.45, 2.75) is 39.7 Å². The zero-order valence-electron chi connectivity index (χ0n) is 20.5. The van der Waals surface area contributed by atoms with E-state index in [-0.39, 0.29) is 24.5 Å². The molecule has 182 valence electrons. The molecule has 0 spiro atoms. The largest absolute Gasteiger partial charge is 0.507 e. The van der Waals surface area contributed by atoms with Gasteiger partial charge in [0.25, 0.3) is 11.7 Å². The number of amides is 1. The first-order chi connectivity index (χ1) is 16.3. The molecule has 2 aromatic rings. The zero-order valence-corrected chi connectivity index (χ0v) is 20.5. The van der Waals surface area contributed by atoms with Gasteiger partial charge in [0.1, 0.15) is 17.3 Å². The highest BCUT2D eigenvalue weighted by Crippen LogP contribution is 2.41. The summed E-state index contributed by atoms with van der Waals surface area (Å²) in [6.07, 6.45) is 0. The van der Waals surface area contributed by atoms with Crippen molar-refractivity contribution < 1.29 is 28.9 Å². The summed E-state index contributed by atoms with van der Waals surface area (Å²) in [6, 6.07) is 12.1. The van der Waals surface area contributed by atoms with E-state index in [1.54, 1.807) is 18.2 Å². The van der Waals surface area contributed by atoms with Gasteiger partial charge in [-0.05, 0) is 43.0 Å². The van der Waals surface area contributed by atoms with Gasteiger partial charge in [0.05, 0.1) is 37.0 Å². The summed E-state index contributed by atoms with van der Waals surface area (Å²) in [5.41, 5.74) is 2.25. The number of methoxy groups -OCH3 is 1. The van der Waals surface area contributed by atoms with Gasteiger partial charge in [-0.25, -0.2) is 0 Å². The molecule has 1 saturated heterocycles. The van der Waals surface area contributed by atoms with E-state index in [0.717, 1.165) is 11.1 Å². The van der Waals surface area contributed by atoms with E-state index in [9.17, 15) is 14.7 Å². The first-order valence-corrected chi connectivity index (χ1v) is 11.6. The maximum atomic E-state index is 13.2. The van der Waals surface area contributed by atoms with Crippen molar-refractivity contribution in [1.82, 2.24) is 4.90 Å². The Hall–Kier alpha value is -3.32. The van der Waals surface area contributed by atoms with Crippen LogP contribution in [0.4, 0.5) is 0 Å². The molecule has 1 atom stereocenters.